The van der Waals surface area contributed by atoms with Gasteiger partial charge in [-0.1, -0.05) is 29.3 Å². The molecule has 0 aliphatic rings. The van der Waals surface area contributed by atoms with Gasteiger partial charge in [-0.3, -0.25) is 18.6 Å². The third-order valence-corrected chi connectivity index (χ3v) is 4.54. The summed E-state index contributed by atoms with van der Waals surface area (Å²) in [5.41, 5.74) is 1.82. The maximum absolute atomic E-state index is 12.7. The van der Waals surface area contributed by atoms with Gasteiger partial charge in [0, 0.05) is 17.3 Å². The fourth-order valence-corrected chi connectivity index (χ4v) is 3.36. The molecule has 3 heterocycles. The molecule has 0 unspecified atom stereocenters. The Morgan fingerprint density at radius 1 is 1.12 bits per heavy atom. The van der Waals surface area contributed by atoms with Crippen LogP contribution in [0.1, 0.15) is 11.3 Å². The minimum atomic E-state index is -0.301. The Morgan fingerprint density at radius 3 is 2.73 bits per heavy atom. The topological polar surface area (TPSA) is 69.3 Å². The average Bonchev–Trinajstić information content (AvgIpc) is 2.58. The van der Waals surface area contributed by atoms with Crippen LogP contribution in [0.4, 0.5) is 0 Å². The predicted octanol–water partition coefficient (Wildman–Crippen LogP) is 3.07. The number of aromatic nitrogens is 4. The zero-order valence-corrected chi connectivity index (χ0v) is 15.1. The lowest BCUT2D eigenvalue weighted by Crippen LogP contribution is -2.23. The molecule has 4 rings (SSSR count). The van der Waals surface area contributed by atoms with Crippen molar-refractivity contribution in [3.05, 3.63) is 84.9 Å². The molecular weight excluding hydrogens is 375 g/mol. The number of aryl methyl sites for hydroxylation is 1. The molecule has 130 valence electrons. The van der Waals surface area contributed by atoms with Crippen molar-refractivity contribution in [1.82, 2.24) is 18.9 Å². The van der Waals surface area contributed by atoms with Crippen LogP contribution in [-0.4, -0.2) is 18.9 Å². The van der Waals surface area contributed by atoms with Crippen molar-refractivity contribution in [2.75, 3.05) is 0 Å². The molecule has 3 aromatic heterocycles. The van der Waals surface area contributed by atoms with Gasteiger partial charge in [0.15, 0.2) is 0 Å². The minimum absolute atomic E-state index is 0.117. The molecule has 6 nitrogen and oxygen atoms in total. The van der Waals surface area contributed by atoms with Crippen LogP contribution in [0.15, 0.2) is 52.4 Å². The van der Waals surface area contributed by atoms with Gasteiger partial charge in [-0.25, -0.2) is 9.97 Å². The van der Waals surface area contributed by atoms with E-state index in [-0.39, 0.29) is 17.7 Å². The van der Waals surface area contributed by atoms with Gasteiger partial charge in [0.05, 0.1) is 34.5 Å². The second-order valence-electron chi connectivity index (χ2n) is 5.98. The van der Waals surface area contributed by atoms with Crippen molar-refractivity contribution in [3.63, 3.8) is 0 Å². The first-order valence-corrected chi connectivity index (χ1v) is 8.51. The monoisotopic (exact) mass is 386 g/mol. The predicted molar refractivity (Wildman–Crippen MR) is 101 cm³/mol. The number of halogens is 2. The van der Waals surface area contributed by atoms with Crippen LogP contribution in [0.2, 0.25) is 10.0 Å². The molecule has 0 fully saturated rings. The van der Waals surface area contributed by atoms with Gasteiger partial charge < -0.3 is 0 Å². The summed E-state index contributed by atoms with van der Waals surface area (Å²) in [5.74, 6) is 0. The summed E-state index contributed by atoms with van der Waals surface area (Å²) < 4.78 is 2.85. The van der Waals surface area contributed by atoms with Gasteiger partial charge in [-0.2, -0.15) is 0 Å². The Labute approximate surface area is 157 Å². The van der Waals surface area contributed by atoms with E-state index in [2.05, 4.69) is 9.97 Å². The van der Waals surface area contributed by atoms with Crippen molar-refractivity contribution < 1.29 is 0 Å². The van der Waals surface area contributed by atoms with Crippen LogP contribution in [0.25, 0.3) is 16.6 Å². The third kappa shape index (κ3) is 2.87. The molecular formula is C18H12Cl2N4O2. The number of pyridine rings is 1. The summed E-state index contributed by atoms with van der Waals surface area (Å²) >= 11 is 12.1. The molecule has 8 heteroatoms. The zero-order chi connectivity index (χ0) is 18.4. The Hall–Kier alpha value is -2.70. The largest absolute Gasteiger partial charge is 0.293 e. The fourth-order valence-electron chi connectivity index (χ4n) is 2.82. The van der Waals surface area contributed by atoms with E-state index < -0.39 is 0 Å². The molecule has 0 amide bonds. The normalized spacial score (nSPS) is 11.3. The molecule has 0 aliphatic carbocycles. The summed E-state index contributed by atoms with van der Waals surface area (Å²) in [6.45, 7) is 2.02. The average molecular weight is 387 g/mol. The van der Waals surface area contributed by atoms with Gasteiger partial charge >= 0.3 is 0 Å². The molecule has 1 aromatic carbocycles. The van der Waals surface area contributed by atoms with Crippen LogP contribution >= 0.6 is 23.2 Å². The highest BCUT2D eigenvalue weighted by Crippen LogP contribution is 2.24. The van der Waals surface area contributed by atoms with E-state index in [1.807, 2.05) is 13.0 Å². The van der Waals surface area contributed by atoms with E-state index in [1.54, 1.807) is 12.3 Å². The van der Waals surface area contributed by atoms with E-state index in [0.29, 0.717) is 32.3 Å². The van der Waals surface area contributed by atoms with Crippen molar-refractivity contribution in [3.8, 4) is 0 Å². The Balaban J connectivity index is 1.84. The number of nitrogens with zero attached hydrogens (tertiary/aromatic N) is 4. The van der Waals surface area contributed by atoms with Crippen LogP contribution in [0.3, 0.4) is 0 Å². The molecule has 26 heavy (non-hydrogen) atoms. The molecule has 0 saturated heterocycles. The number of fused-ring (bicyclic) bond motifs is 2. The second kappa shape index (κ2) is 6.23. The SMILES string of the molecule is Cc1ccc2nc(Cn3cnc4c(Cl)cc(Cl)cc4c3=O)cc(=O)n2c1. The lowest BCUT2D eigenvalue weighted by molar-refractivity contribution is 0.726. The van der Waals surface area contributed by atoms with E-state index in [0.717, 1.165) is 5.56 Å². The van der Waals surface area contributed by atoms with Crippen LogP contribution in [0.5, 0.6) is 0 Å². The third-order valence-electron chi connectivity index (χ3n) is 4.04. The number of hydrogen-bond donors (Lipinski definition) is 0. The summed E-state index contributed by atoms with van der Waals surface area (Å²) in [6.07, 6.45) is 3.12. The maximum Gasteiger partial charge on any atom is 0.261 e. The summed E-state index contributed by atoms with van der Waals surface area (Å²) in [6, 6.07) is 8.12. The highest BCUT2D eigenvalue weighted by atomic mass is 35.5. The lowest BCUT2D eigenvalue weighted by Gasteiger charge is -2.09. The Kier molecular flexibility index (Phi) is 4.01. The molecule has 0 spiro atoms. The molecule has 0 saturated carbocycles. The lowest BCUT2D eigenvalue weighted by atomic mass is 10.2. The maximum atomic E-state index is 12.7. The van der Waals surface area contributed by atoms with E-state index in [9.17, 15) is 9.59 Å². The van der Waals surface area contributed by atoms with Crippen molar-refractivity contribution >= 4 is 39.8 Å². The standard InChI is InChI=1S/C18H12Cl2N4O2/c1-10-2-3-15-22-12(6-16(25)24(15)7-10)8-23-9-21-17-13(18(23)26)4-11(19)5-14(17)20/h2-7,9H,8H2,1H3. The Bertz CT molecular complexity index is 1290. The summed E-state index contributed by atoms with van der Waals surface area (Å²) in [4.78, 5) is 33.7. The van der Waals surface area contributed by atoms with Gasteiger partial charge in [-0.05, 0) is 30.7 Å². The molecule has 0 N–H and O–H groups in total. The summed E-state index contributed by atoms with van der Waals surface area (Å²) in [5, 5.41) is 0.990. The smallest absolute Gasteiger partial charge is 0.261 e. The second-order valence-corrected chi connectivity index (χ2v) is 6.83. The van der Waals surface area contributed by atoms with Crippen LogP contribution < -0.4 is 11.1 Å². The minimum Gasteiger partial charge on any atom is -0.293 e. The highest BCUT2D eigenvalue weighted by molar-refractivity contribution is 6.38. The highest BCUT2D eigenvalue weighted by Gasteiger charge is 2.11. The van der Waals surface area contributed by atoms with Gasteiger partial charge in [-0.15, -0.1) is 0 Å². The molecule has 0 aliphatic heterocycles. The zero-order valence-electron chi connectivity index (χ0n) is 13.6. The first kappa shape index (κ1) is 16.8. The number of benzene rings is 1. The van der Waals surface area contributed by atoms with Crippen LogP contribution in [-0.2, 0) is 6.54 Å². The van der Waals surface area contributed by atoms with E-state index in [1.165, 1.54) is 33.5 Å². The quantitative estimate of drug-likeness (QED) is 0.530. The summed E-state index contributed by atoms with van der Waals surface area (Å²) in [7, 11) is 0. The van der Waals surface area contributed by atoms with Crippen molar-refractivity contribution in [2.24, 2.45) is 0 Å². The fraction of sp³-hybridized carbons (Fsp3) is 0.111. The van der Waals surface area contributed by atoms with E-state index in [4.69, 9.17) is 23.2 Å². The number of hydrogen-bond acceptors (Lipinski definition) is 4. The molecule has 0 atom stereocenters. The molecule has 0 radical (unpaired) electrons. The van der Waals surface area contributed by atoms with Crippen molar-refractivity contribution in [1.29, 1.82) is 0 Å². The van der Waals surface area contributed by atoms with E-state index >= 15 is 0 Å². The number of rotatable bonds is 2. The van der Waals surface area contributed by atoms with Gasteiger partial charge in [0.1, 0.15) is 5.65 Å². The van der Waals surface area contributed by atoms with Crippen LogP contribution in [0, 0.1) is 6.92 Å². The first-order chi connectivity index (χ1) is 12.4. The van der Waals surface area contributed by atoms with Gasteiger partial charge in [0.25, 0.3) is 11.1 Å². The Morgan fingerprint density at radius 2 is 1.92 bits per heavy atom. The van der Waals surface area contributed by atoms with Gasteiger partial charge in [0.2, 0.25) is 0 Å². The first-order valence-electron chi connectivity index (χ1n) is 7.75. The molecule has 0 bridgehead atoms. The van der Waals surface area contributed by atoms with Crippen molar-refractivity contribution in [2.45, 2.75) is 13.5 Å². The molecule has 4 aromatic rings.